The molecule has 0 aliphatic heterocycles. The SMILES string of the molecule is CCOc1n[nH]c(NC(=O)c2cccc(C#N)c2)n1. The highest BCUT2D eigenvalue weighted by atomic mass is 16.5. The quantitative estimate of drug-likeness (QED) is 0.859. The maximum absolute atomic E-state index is 11.9. The topological polar surface area (TPSA) is 104 Å². The zero-order valence-electron chi connectivity index (χ0n) is 10.2. The fourth-order valence-corrected chi connectivity index (χ4v) is 1.41. The number of aromatic nitrogens is 3. The Morgan fingerprint density at radius 3 is 3.16 bits per heavy atom. The van der Waals surface area contributed by atoms with Gasteiger partial charge in [0.2, 0.25) is 5.95 Å². The summed E-state index contributed by atoms with van der Waals surface area (Å²) in [5, 5.41) is 17.6. The highest BCUT2D eigenvalue weighted by Crippen LogP contribution is 2.09. The molecule has 1 amide bonds. The average Bonchev–Trinajstić information content (AvgIpc) is 2.86. The first-order valence-corrected chi connectivity index (χ1v) is 5.59. The van der Waals surface area contributed by atoms with Crippen molar-refractivity contribution in [1.82, 2.24) is 15.2 Å². The smallest absolute Gasteiger partial charge is 0.337 e. The number of nitrogens with one attached hydrogen (secondary N) is 2. The Bertz CT molecular complexity index is 629. The number of anilines is 1. The van der Waals surface area contributed by atoms with Crippen LogP contribution < -0.4 is 10.1 Å². The number of hydrogen-bond acceptors (Lipinski definition) is 5. The van der Waals surface area contributed by atoms with Gasteiger partial charge in [-0.2, -0.15) is 10.2 Å². The molecule has 7 heteroatoms. The number of benzene rings is 1. The second kappa shape index (κ2) is 5.64. The first-order chi connectivity index (χ1) is 9.22. The summed E-state index contributed by atoms with van der Waals surface area (Å²) < 4.78 is 5.06. The molecule has 1 aromatic heterocycles. The molecule has 0 radical (unpaired) electrons. The van der Waals surface area contributed by atoms with Crippen LogP contribution in [0.3, 0.4) is 0 Å². The Morgan fingerprint density at radius 2 is 2.42 bits per heavy atom. The van der Waals surface area contributed by atoms with Gasteiger partial charge in [0.15, 0.2) is 0 Å². The van der Waals surface area contributed by atoms with E-state index in [4.69, 9.17) is 10.00 Å². The van der Waals surface area contributed by atoms with Crippen molar-refractivity contribution in [2.75, 3.05) is 11.9 Å². The molecule has 2 N–H and O–H groups in total. The van der Waals surface area contributed by atoms with Crippen LogP contribution in [-0.4, -0.2) is 27.7 Å². The van der Waals surface area contributed by atoms with Crippen LogP contribution in [0.5, 0.6) is 6.01 Å². The minimum Gasteiger partial charge on any atom is -0.463 e. The number of ether oxygens (including phenoxy) is 1. The largest absolute Gasteiger partial charge is 0.463 e. The van der Waals surface area contributed by atoms with Crippen LogP contribution in [0.15, 0.2) is 24.3 Å². The molecular formula is C12H11N5O2. The Hall–Kier alpha value is -2.88. The van der Waals surface area contributed by atoms with E-state index in [-0.39, 0.29) is 17.9 Å². The van der Waals surface area contributed by atoms with E-state index in [2.05, 4.69) is 20.5 Å². The maximum Gasteiger partial charge on any atom is 0.337 e. The lowest BCUT2D eigenvalue weighted by Crippen LogP contribution is -2.13. The molecule has 0 saturated carbocycles. The standard InChI is InChI=1S/C12H11N5O2/c1-2-19-12-15-11(16-17-12)14-10(18)9-5-3-4-8(6-9)7-13/h3-6H,2H2,1H3,(H2,14,15,16,17,18). The number of nitriles is 1. The van der Waals surface area contributed by atoms with Gasteiger partial charge < -0.3 is 4.74 Å². The molecule has 0 aliphatic carbocycles. The van der Waals surface area contributed by atoms with Crippen molar-refractivity contribution in [1.29, 1.82) is 5.26 Å². The number of hydrogen-bond donors (Lipinski definition) is 2. The molecule has 0 saturated heterocycles. The monoisotopic (exact) mass is 257 g/mol. The van der Waals surface area contributed by atoms with Crippen molar-refractivity contribution in [3.8, 4) is 12.1 Å². The van der Waals surface area contributed by atoms with Gasteiger partial charge in [0.25, 0.3) is 5.91 Å². The maximum atomic E-state index is 11.9. The number of nitrogens with zero attached hydrogens (tertiary/aromatic N) is 3. The molecule has 0 unspecified atom stereocenters. The first kappa shape index (κ1) is 12.6. The van der Waals surface area contributed by atoms with Gasteiger partial charge in [-0.1, -0.05) is 6.07 Å². The third-order valence-corrected chi connectivity index (χ3v) is 2.22. The van der Waals surface area contributed by atoms with Crippen molar-refractivity contribution in [2.24, 2.45) is 0 Å². The van der Waals surface area contributed by atoms with Gasteiger partial charge in [0.05, 0.1) is 18.2 Å². The third kappa shape index (κ3) is 3.07. The lowest BCUT2D eigenvalue weighted by Gasteiger charge is -2.01. The van der Waals surface area contributed by atoms with Gasteiger partial charge in [0, 0.05) is 5.56 Å². The van der Waals surface area contributed by atoms with Gasteiger partial charge in [-0.15, -0.1) is 5.10 Å². The lowest BCUT2D eigenvalue weighted by atomic mass is 10.1. The lowest BCUT2D eigenvalue weighted by molar-refractivity contribution is 0.102. The summed E-state index contributed by atoms with van der Waals surface area (Å²) in [5.74, 6) is -0.188. The van der Waals surface area contributed by atoms with Crippen LogP contribution in [0.2, 0.25) is 0 Å². The number of carbonyl (C=O) groups is 1. The molecule has 0 bridgehead atoms. The second-order valence-electron chi connectivity index (χ2n) is 3.55. The Morgan fingerprint density at radius 1 is 1.58 bits per heavy atom. The molecule has 1 heterocycles. The van der Waals surface area contributed by atoms with Gasteiger partial charge in [-0.25, -0.2) is 5.10 Å². The fraction of sp³-hybridized carbons (Fsp3) is 0.167. The van der Waals surface area contributed by atoms with E-state index in [0.29, 0.717) is 17.7 Å². The van der Waals surface area contributed by atoms with E-state index in [1.54, 1.807) is 18.2 Å². The molecule has 0 spiro atoms. The van der Waals surface area contributed by atoms with Gasteiger partial charge >= 0.3 is 6.01 Å². The third-order valence-electron chi connectivity index (χ3n) is 2.22. The summed E-state index contributed by atoms with van der Waals surface area (Å²) in [4.78, 5) is 15.8. The first-order valence-electron chi connectivity index (χ1n) is 5.59. The molecule has 1 aromatic carbocycles. The summed E-state index contributed by atoms with van der Waals surface area (Å²) in [6, 6.07) is 8.51. The van der Waals surface area contributed by atoms with E-state index in [1.807, 2.05) is 13.0 Å². The van der Waals surface area contributed by atoms with E-state index >= 15 is 0 Å². The van der Waals surface area contributed by atoms with Crippen molar-refractivity contribution in [3.05, 3.63) is 35.4 Å². The van der Waals surface area contributed by atoms with Crippen molar-refractivity contribution < 1.29 is 9.53 Å². The molecule has 19 heavy (non-hydrogen) atoms. The Balaban J connectivity index is 2.09. The van der Waals surface area contributed by atoms with E-state index in [1.165, 1.54) is 6.07 Å². The van der Waals surface area contributed by atoms with Crippen LogP contribution in [0.25, 0.3) is 0 Å². The molecular weight excluding hydrogens is 246 g/mol. The zero-order chi connectivity index (χ0) is 13.7. The Labute approximate surface area is 109 Å². The summed E-state index contributed by atoms with van der Waals surface area (Å²) in [7, 11) is 0. The number of H-pyrrole nitrogens is 1. The van der Waals surface area contributed by atoms with E-state index < -0.39 is 0 Å². The highest BCUT2D eigenvalue weighted by molar-refractivity contribution is 6.03. The highest BCUT2D eigenvalue weighted by Gasteiger charge is 2.10. The number of carbonyl (C=O) groups excluding carboxylic acids is 1. The zero-order valence-corrected chi connectivity index (χ0v) is 10.2. The summed E-state index contributed by atoms with van der Waals surface area (Å²) in [5.41, 5.74) is 0.786. The van der Waals surface area contributed by atoms with Crippen LogP contribution in [0, 0.1) is 11.3 Å². The van der Waals surface area contributed by atoms with Crippen molar-refractivity contribution in [3.63, 3.8) is 0 Å². The molecule has 7 nitrogen and oxygen atoms in total. The van der Waals surface area contributed by atoms with Gasteiger partial charge in [0.1, 0.15) is 0 Å². The second-order valence-corrected chi connectivity index (χ2v) is 3.55. The molecule has 96 valence electrons. The number of amides is 1. The summed E-state index contributed by atoms with van der Waals surface area (Å²) in [6.07, 6.45) is 0. The fourth-order valence-electron chi connectivity index (χ4n) is 1.41. The predicted octanol–water partition coefficient (Wildman–Crippen LogP) is 1.33. The van der Waals surface area contributed by atoms with Crippen molar-refractivity contribution in [2.45, 2.75) is 6.92 Å². The van der Waals surface area contributed by atoms with Crippen molar-refractivity contribution >= 4 is 11.9 Å². The van der Waals surface area contributed by atoms with Crippen LogP contribution >= 0.6 is 0 Å². The predicted molar refractivity (Wildman–Crippen MR) is 66.7 cm³/mol. The van der Waals surface area contributed by atoms with Gasteiger partial charge in [-0.05, 0) is 25.1 Å². The number of rotatable bonds is 4. The number of aromatic amines is 1. The molecule has 0 aliphatic rings. The molecule has 2 rings (SSSR count). The van der Waals surface area contributed by atoms with E-state index in [9.17, 15) is 4.79 Å². The van der Waals surface area contributed by atoms with Crippen LogP contribution in [0.1, 0.15) is 22.8 Å². The van der Waals surface area contributed by atoms with Crippen LogP contribution in [-0.2, 0) is 0 Å². The molecule has 0 atom stereocenters. The van der Waals surface area contributed by atoms with E-state index in [0.717, 1.165) is 0 Å². The Kier molecular flexibility index (Phi) is 3.73. The summed E-state index contributed by atoms with van der Waals surface area (Å²) in [6.45, 7) is 2.25. The summed E-state index contributed by atoms with van der Waals surface area (Å²) >= 11 is 0. The van der Waals surface area contributed by atoms with Gasteiger partial charge in [-0.3, -0.25) is 10.1 Å². The van der Waals surface area contributed by atoms with Crippen LogP contribution in [0.4, 0.5) is 5.95 Å². The minimum absolute atomic E-state index is 0.170. The molecule has 2 aromatic rings. The minimum atomic E-state index is -0.378. The molecule has 0 fully saturated rings. The normalized spacial score (nSPS) is 9.68. The average molecular weight is 257 g/mol.